The summed E-state index contributed by atoms with van der Waals surface area (Å²) >= 11 is 0. The lowest BCUT2D eigenvalue weighted by Crippen LogP contribution is -2.02. The smallest absolute Gasteiger partial charge is 0.352 e. The average Bonchev–Trinajstić information content (AvgIpc) is 3.05. The molecule has 0 aliphatic heterocycles. The molecule has 0 saturated heterocycles. The monoisotopic (exact) mass is 319 g/mol. The van der Waals surface area contributed by atoms with E-state index < -0.39 is 5.97 Å². The molecular weight excluding hydrogens is 306 g/mol. The SMILES string of the molecule is O=C(O)c1cc2nc(NCc3cccnc3)c3cnccc3c2[nH]1. The van der Waals surface area contributed by atoms with E-state index in [9.17, 15) is 9.90 Å². The van der Waals surface area contributed by atoms with Crippen LogP contribution in [0.25, 0.3) is 21.8 Å². The summed E-state index contributed by atoms with van der Waals surface area (Å²) < 4.78 is 0. The number of hydrogen-bond acceptors (Lipinski definition) is 5. The number of pyridine rings is 3. The summed E-state index contributed by atoms with van der Waals surface area (Å²) in [6, 6.07) is 7.22. The van der Waals surface area contributed by atoms with Crippen molar-refractivity contribution in [2.24, 2.45) is 0 Å². The van der Waals surface area contributed by atoms with Crippen molar-refractivity contribution < 1.29 is 9.90 Å². The van der Waals surface area contributed by atoms with Crippen molar-refractivity contribution in [1.29, 1.82) is 0 Å². The van der Waals surface area contributed by atoms with Crippen molar-refractivity contribution in [2.45, 2.75) is 6.54 Å². The number of aromatic amines is 1. The van der Waals surface area contributed by atoms with Crippen molar-refractivity contribution in [1.82, 2.24) is 19.9 Å². The third-order valence-corrected chi connectivity index (χ3v) is 3.79. The van der Waals surface area contributed by atoms with Crippen LogP contribution in [0, 0.1) is 0 Å². The number of H-pyrrole nitrogens is 1. The van der Waals surface area contributed by atoms with E-state index in [0.717, 1.165) is 16.3 Å². The highest BCUT2D eigenvalue weighted by Gasteiger charge is 2.14. The molecule has 3 N–H and O–H groups in total. The van der Waals surface area contributed by atoms with Crippen LogP contribution >= 0.6 is 0 Å². The van der Waals surface area contributed by atoms with Gasteiger partial charge in [-0.15, -0.1) is 0 Å². The molecule has 4 aromatic rings. The van der Waals surface area contributed by atoms with Crippen LogP contribution in [0.5, 0.6) is 0 Å². The summed E-state index contributed by atoms with van der Waals surface area (Å²) in [5, 5.41) is 14.2. The van der Waals surface area contributed by atoms with E-state index in [4.69, 9.17) is 0 Å². The third-order valence-electron chi connectivity index (χ3n) is 3.79. The molecule has 24 heavy (non-hydrogen) atoms. The number of hydrogen-bond donors (Lipinski definition) is 3. The first-order valence-corrected chi connectivity index (χ1v) is 7.35. The molecule has 0 spiro atoms. The minimum atomic E-state index is -1.01. The lowest BCUT2D eigenvalue weighted by molar-refractivity contribution is 0.0691. The lowest BCUT2D eigenvalue weighted by Gasteiger charge is -2.09. The second kappa shape index (κ2) is 5.62. The fourth-order valence-corrected chi connectivity index (χ4v) is 2.66. The number of nitrogens with zero attached hydrogens (tertiary/aromatic N) is 3. The van der Waals surface area contributed by atoms with Crippen LogP contribution < -0.4 is 5.32 Å². The van der Waals surface area contributed by atoms with Gasteiger partial charge in [0.1, 0.15) is 11.5 Å². The summed E-state index contributed by atoms with van der Waals surface area (Å²) in [6.45, 7) is 0.562. The highest BCUT2D eigenvalue weighted by Crippen LogP contribution is 2.29. The first kappa shape index (κ1) is 14.1. The van der Waals surface area contributed by atoms with Crippen molar-refractivity contribution >= 4 is 33.6 Å². The Hall–Kier alpha value is -3.48. The number of rotatable bonds is 4. The van der Waals surface area contributed by atoms with Crippen LogP contribution in [0.4, 0.5) is 5.82 Å². The van der Waals surface area contributed by atoms with Gasteiger partial charge >= 0.3 is 5.97 Å². The van der Waals surface area contributed by atoms with E-state index in [1.807, 2.05) is 18.2 Å². The summed E-state index contributed by atoms with van der Waals surface area (Å²) in [4.78, 5) is 26.9. The number of carboxylic acids is 1. The fraction of sp³-hybridized carbons (Fsp3) is 0.0588. The summed E-state index contributed by atoms with van der Waals surface area (Å²) in [6.07, 6.45) is 6.90. The average molecular weight is 319 g/mol. The molecule has 0 radical (unpaired) electrons. The Bertz CT molecular complexity index is 1040. The number of anilines is 1. The largest absolute Gasteiger partial charge is 0.477 e. The Labute approximate surface area is 136 Å². The predicted octanol–water partition coefficient (Wildman–Crippen LogP) is 2.82. The Morgan fingerprint density at radius 3 is 2.83 bits per heavy atom. The molecule has 4 rings (SSSR count). The first-order valence-electron chi connectivity index (χ1n) is 7.35. The van der Waals surface area contributed by atoms with Gasteiger partial charge in [-0.1, -0.05) is 6.07 Å². The molecule has 0 amide bonds. The number of fused-ring (bicyclic) bond motifs is 3. The van der Waals surface area contributed by atoms with E-state index in [2.05, 4.69) is 25.3 Å². The third kappa shape index (κ3) is 2.41. The van der Waals surface area contributed by atoms with Crippen molar-refractivity contribution in [3.05, 3.63) is 60.3 Å². The van der Waals surface area contributed by atoms with Gasteiger partial charge in [-0.05, 0) is 23.8 Å². The molecule has 0 bridgehead atoms. The van der Waals surface area contributed by atoms with E-state index in [1.165, 1.54) is 6.07 Å². The van der Waals surface area contributed by atoms with Gasteiger partial charge in [0.2, 0.25) is 0 Å². The minimum Gasteiger partial charge on any atom is -0.477 e. The fourth-order valence-electron chi connectivity index (χ4n) is 2.66. The molecule has 4 aromatic heterocycles. The maximum absolute atomic E-state index is 11.2. The molecule has 0 unspecified atom stereocenters. The lowest BCUT2D eigenvalue weighted by atomic mass is 10.2. The van der Waals surface area contributed by atoms with Gasteiger partial charge in [-0.2, -0.15) is 0 Å². The summed E-state index contributed by atoms with van der Waals surface area (Å²) in [5.41, 5.74) is 2.42. The van der Waals surface area contributed by atoms with Gasteiger partial charge in [0.25, 0.3) is 0 Å². The second-order valence-corrected chi connectivity index (χ2v) is 5.34. The van der Waals surface area contributed by atoms with Crippen molar-refractivity contribution in [3.8, 4) is 0 Å². The molecule has 0 saturated carbocycles. The predicted molar refractivity (Wildman–Crippen MR) is 89.9 cm³/mol. The Kier molecular flexibility index (Phi) is 3.31. The van der Waals surface area contributed by atoms with Crippen LogP contribution in [-0.2, 0) is 6.54 Å². The molecule has 0 fully saturated rings. The van der Waals surface area contributed by atoms with Crippen LogP contribution in [0.2, 0.25) is 0 Å². The van der Waals surface area contributed by atoms with Gasteiger partial charge in [-0.3, -0.25) is 9.97 Å². The van der Waals surface area contributed by atoms with Gasteiger partial charge in [0, 0.05) is 42.1 Å². The molecule has 0 aromatic carbocycles. The minimum absolute atomic E-state index is 0.111. The maximum Gasteiger partial charge on any atom is 0.352 e. The topological polar surface area (TPSA) is 104 Å². The van der Waals surface area contributed by atoms with Crippen molar-refractivity contribution in [2.75, 3.05) is 5.32 Å². The van der Waals surface area contributed by atoms with Crippen LogP contribution in [0.3, 0.4) is 0 Å². The number of aromatic carboxylic acids is 1. The van der Waals surface area contributed by atoms with Gasteiger partial charge in [0.15, 0.2) is 0 Å². The highest BCUT2D eigenvalue weighted by atomic mass is 16.4. The van der Waals surface area contributed by atoms with Crippen LogP contribution in [-0.4, -0.2) is 31.0 Å². The number of aromatic nitrogens is 4. The molecule has 118 valence electrons. The van der Waals surface area contributed by atoms with Crippen LogP contribution in [0.1, 0.15) is 16.1 Å². The molecule has 7 nitrogen and oxygen atoms in total. The zero-order valence-corrected chi connectivity index (χ0v) is 12.5. The standard InChI is InChI=1S/C17H13N5O2/c23-17(24)14-6-13-15(21-14)11-3-5-19-9-12(11)16(22-13)20-8-10-2-1-4-18-7-10/h1-7,9,21H,8H2,(H,20,22)(H,23,24). The number of carbonyl (C=O) groups is 1. The number of nitrogens with one attached hydrogen (secondary N) is 2. The molecule has 0 aliphatic carbocycles. The highest BCUT2D eigenvalue weighted by molar-refractivity contribution is 6.09. The molecular formula is C17H13N5O2. The molecule has 0 atom stereocenters. The molecule has 7 heteroatoms. The van der Waals surface area contributed by atoms with Gasteiger partial charge in [0.05, 0.1) is 11.0 Å². The van der Waals surface area contributed by atoms with E-state index in [1.54, 1.807) is 24.8 Å². The maximum atomic E-state index is 11.2. The van der Waals surface area contributed by atoms with E-state index in [0.29, 0.717) is 23.4 Å². The normalized spacial score (nSPS) is 11.0. The number of carboxylic acid groups (broad SMARTS) is 1. The Morgan fingerprint density at radius 2 is 2.04 bits per heavy atom. The zero-order chi connectivity index (χ0) is 16.5. The van der Waals surface area contributed by atoms with E-state index in [-0.39, 0.29) is 5.69 Å². The van der Waals surface area contributed by atoms with Gasteiger partial charge < -0.3 is 15.4 Å². The van der Waals surface area contributed by atoms with Crippen molar-refractivity contribution in [3.63, 3.8) is 0 Å². The van der Waals surface area contributed by atoms with Gasteiger partial charge in [-0.25, -0.2) is 9.78 Å². The second-order valence-electron chi connectivity index (χ2n) is 5.34. The zero-order valence-electron chi connectivity index (χ0n) is 12.5. The Balaban J connectivity index is 1.82. The quantitative estimate of drug-likeness (QED) is 0.534. The molecule has 4 heterocycles. The summed E-state index contributed by atoms with van der Waals surface area (Å²) in [7, 11) is 0. The van der Waals surface area contributed by atoms with E-state index >= 15 is 0 Å². The first-order chi connectivity index (χ1) is 11.7. The van der Waals surface area contributed by atoms with Crippen LogP contribution in [0.15, 0.2) is 49.1 Å². The Morgan fingerprint density at radius 1 is 1.17 bits per heavy atom. The molecule has 0 aliphatic rings. The summed E-state index contributed by atoms with van der Waals surface area (Å²) in [5.74, 6) is -0.356.